The van der Waals surface area contributed by atoms with Crippen molar-refractivity contribution in [2.45, 2.75) is 5.60 Å². The zero-order chi connectivity index (χ0) is 19.7. The number of rotatable bonds is 10. The second kappa shape index (κ2) is 10.3. The molecule has 0 aliphatic heterocycles. The first kappa shape index (κ1) is 21.2. The van der Waals surface area contributed by atoms with Crippen LogP contribution in [0.4, 0.5) is 0 Å². The van der Waals surface area contributed by atoms with Crippen LogP contribution in [-0.4, -0.2) is 36.8 Å². The van der Waals surface area contributed by atoms with Crippen LogP contribution in [0.3, 0.4) is 0 Å². The molecule has 27 heavy (non-hydrogen) atoms. The van der Waals surface area contributed by atoms with Gasteiger partial charge in [-0.05, 0) is 42.4 Å². The van der Waals surface area contributed by atoms with Crippen molar-refractivity contribution in [2.24, 2.45) is 0 Å². The first-order valence-electron chi connectivity index (χ1n) is 8.79. The zero-order valence-corrected chi connectivity index (χ0v) is 17.2. The van der Waals surface area contributed by atoms with E-state index in [9.17, 15) is 5.11 Å². The van der Waals surface area contributed by atoms with Gasteiger partial charge in [0.25, 0.3) is 0 Å². The molecule has 0 aromatic heterocycles. The first-order chi connectivity index (χ1) is 13.0. The van der Waals surface area contributed by atoms with Crippen LogP contribution in [0.25, 0.3) is 0 Å². The van der Waals surface area contributed by atoms with Gasteiger partial charge in [-0.2, -0.15) is 0 Å². The molecular weight excluding hydrogens is 402 g/mol. The molecule has 0 saturated carbocycles. The number of hydrogen-bond donors (Lipinski definition) is 1. The third kappa shape index (κ3) is 5.93. The fourth-order valence-corrected chi connectivity index (χ4v) is 2.94. The van der Waals surface area contributed by atoms with E-state index in [-0.39, 0.29) is 0 Å². The Morgan fingerprint density at radius 3 is 2.15 bits per heavy atom. The Hall–Kier alpha value is -2.14. The maximum Gasteiger partial charge on any atom is 0.133 e. The Morgan fingerprint density at radius 1 is 1.00 bits per heavy atom. The minimum Gasteiger partial charge on any atom is -0.490 e. The van der Waals surface area contributed by atoms with Crippen molar-refractivity contribution >= 4 is 15.9 Å². The van der Waals surface area contributed by atoms with Crippen LogP contribution >= 0.6 is 15.9 Å². The Bertz CT molecular complexity index is 768. The van der Waals surface area contributed by atoms with E-state index in [0.29, 0.717) is 6.61 Å². The molecule has 2 aromatic rings. The average Bonchev–Trinajstić information content (AvgIpc) is 2.68. The van der Waals surface area contributed by atoms with Gasteiger partial charge in [0.05, 0.1) is 0 Å². The predicted molar refractivity (Wildman–Crippen MR) is 116 cm³/mol. The molecule has 2 aromatic carbocycles. The fourth-order valence-electron chi connectivity index (χ4n) is 2.67. The largest absolute Gasteiger partial charge is 0.490 e. The zero-order valence-electron chi connectivity index (χ0n) is 15.6. The van der Waals surface area contributed by atoms with Crippen LogP contribution in [0, 0.1) is 0 Å². The molecule has 0 radical (unpaired) electrons. The molecule has 0 saturated heterocycles. The maximum atomic E-state index is 11.1. The van der Waals surface area contributed by atoms with Crippen LogP contribution in [0.15, 0.2) is 90.5 Å². The number of hydrogen-bond acceptors (Lipinski definition) is 3. The summed E-state index contributed by atoms with van der Waals surface area (Å²) in [7, 11) is 2.04. The fraction of sp³-hybridized carbons (Fsp3) is 0.217. The molecule has 1 unspecified atom stereocenters. The maximum absolute atomic E-state index is 11.1. The van der Waals surface area contributed by atoms with Crippen molar-refractivity contribution in [1.82, 2.24) is 4.90 Å². The number of halogens is 1. The van der Waals surface area contributed by atoms with Crippen molar-refractivity contribution in [3.05, 3.63) is 102 Å². The normalized spacial score (nSPS) is 13.5. The first-order valence-corrected chi connectivity index (χ1v) is 9.58. The van der Waals surface area contributed by atoms with Gasteiger partial charge in [-0.3, -0.25) is 4.90 Å². The van der Waals surface area contributed by atoms with E-state index in [1.54, 1.807) is 6.08 Å². The van der Waals surface area contributed by atoms with E-state index in [1.807, 2.05) is 67.7 Å². The van der Waals surface area contributed by atoms with Gasteiger partial charge in [-0.25, -0.2) is 0 Å². The molecule has 142 valence electrons. The number of benzene rings is 2. The van der Waals surface area contributed by atoms with Crippen molar-refractivity contribution in [2.75, 3.05) is 26.7 Å². The predicted octanol–water partition coefficient (Wildman–Crippen LogP) is 4.92. The summed E-state index contributed by atoms with van der Waals surface area (Å²) in [6, 6.07) is 15.0. The molecule has 2 rings (SSSR count). The lowest BCUT2D eigenvalue weighted by Crippen LogP contribution is -2.24. The molecule has 0 amide bonds. The summed E-state index contributed by atoms with van der Waals surface area (Å²) in [5.74, 6) is 0.755. The molecule has 0 aliphatic carbocycles. The van der Waals surface area contributed by atoms with Crippen LogP contribution in [0.5, 0.6) is 5.75 Å². The monoisotopic (exact) mass is 427 g/mol. The lowest BCUT2D eigenvalue weighted by atomic mass is 9.86. The highest BCUT2D eigenvalue weighted by Crippen LogP contribution is 2.32. The lowest BCUT2D eigenvalue weighted by molar-refractivity contribution is 0.135. The van der Waals surface area contributed by atoms with E-state index < -0.39 is 5.60 Å². The molecule has 3 nitrogen and oxygen atoms in total. The molecule has 4 heteroatoms. The molecule has 0 bridgehead atoms. The van der Waals surface area contributed by atoms with E-state index in [4.69, 9.17) is 4.74 Å². The third-order valence-corrected chi connectivity index (χ3v) is 4.77. The quantitative estimate of drug-likeness (QED) is 0.545. The van der Waals surface area contributed by atoms with Gasteiger partial charge in [0.1, 0.15) is 18.0 Å². The lowest BCUT2D eigenvalue weighted by Gasteiger charge is -2.26. The van der Waals surface area contributed by atoms with Crippen LogP contribution < -0.4 is 4.74 Å². The number of aliphatic hydroxyl groups is 1. The summed E-state index contributed by atoms with van der Waals surface area (Å²) in [5, 5.41) is 11.1. The van der Waals surface area contributed by atoms with Crippen LogP contribution in [0.2, 0.25) is 0 Å². The van der Waals surface area contributed by atoms with Gasteiger partial charge in [0, 0.05) is 17.6 Å². The molecular formula is C23H26BrNO2. The Labute approximate surface area is 170 Å². The summed E-state index contributed by atoms with van der Waals surface area (Å²) in [6.07, 6.45) is 7.50. The highest BCUT2D eigenvalue weighted by Gasteiger charge is 2.27. The van der Waals surface area contributed by atoms with Crippen molar-refractivity contribution < 1.29 is 9.84 Å². The third-order valence-electron chi connectivity index (χ3n) is 4.24. The van der Waals surface area contributed by atoms with Gasteiger partial charge in [-0.1, -0.05) is 71.1 Å². The van der Waals surface area contributed by atoms with Gasteiger partial charge in [0.15, 0.2) is 0 Å². The van der Waals surface area contributed by atoms with Gasteiger partial charge in [-0.15, -0.1) is 6.58 Å². The summed E-state index contributed by atoms with van der Waals surface area (Å²) in [5.41, 5.74) is 0.268. The average molecular weight is 428 g/mol. The highest BCUT2D eigenvalue weighted by atomic mass is 79.9. The number of nitrogens with zero attached hydrogens (tertiary/aromatic N) is 1. The van der Waals surface area contributed by atoms with Gasteiger partial charge >= 0.3 is 0 Å². The van der Waals surface area contributed by atoms with Crippen molar-refractivity contribution in [1.29, 1.82) is 0 Å². The van der Waals surface area contributed by atoms with E-state index >= 15 is 0 Å². The van der Waals surface area contributed by atoms with Crippen LogP contribution in [0.1, 0.15) is 11.1 Å². The SMILES string of the molecule is C=CCN(C)C/C=C/COc1ccc(C(O)(C=C)c2ccc(Br)cc2)cc1. The summed E-state index contributed by atoms with van der Waals surface area (Å²) in [6.45, 7) is 9.75. The summed E-state index contributed by atoms with van der Waals surface area (Å²) in [4.78, 5) is 2.15. The molecule has 0 spiro atoms. The second-order valence-corrected chi connectivity index (χ2v) is 7.21. The summed E-state index contributed by atoms with van der Waals surface area (Å²) >= 11 is 3.41. The number of likely N-dealkylation sites (N-methyl/N-ethyl adjacent to an activating group) is 1. The van der Waals surface area contributed by atoms with E-state index in [2.05, 4.69) is 40.1 Å². The standard InChI is InChI=1S/C23H26BrNO2/c1-4-16-25(3)17-6-7-18-27-22-14-10-20(11-15-22)23(26,5-2)19-8-12-21(24)13-9-19/h4-15,26H,1-2,16-18H2,3H3/b7-6+. The van der Waals surface area contributed by atoms with Crippen molar-refractivity contribution in [3.63, 3.8) is 0 Å². The smallest absolute Gasteiger partial charge is 0.133 e. The topological polar surface area (TPSA) is 32.7 Å². The second-order valence-electron chi connectivity index (χ2n) is 6.29. The molecule has 1 atom stereocenters. The van der Waals surface area contributed by atoms with Crippen LogP contribution in [-0.2, 0) is 5.60 Å². The summed E-state index contributed by atoms with van der Waals surface area (Å²) < 4.78 is 6.69. The molecule has 0 fully saturated rings. The number of ether oxygens (including phenoxy) is 1. The Kier molecular flexibility index (Phi) is 8.04. The minimum atomic E-state index is -1.24. The van der Waals surface area contributed by atoms with Gasteiger partial charge < -0.3 is 9.84 Å². The molecule has 0 aliphatic rings. The Morgan fingerprint density at radius 2 is 1.59 bits per heavy atom. The van der Waals surface area contributed by atoms with Gasteiger partial charge in [0.2, 0.25) is 0 Å². The molecule has 1 N–H and O–H groups in total. The van der Waals surface area contributed by atoms with E-state index in [0.717, 1.165) is 34.4 Å². The highest BCUT2D eigenvalue weighted by molar-refractivity contribution is 9.10. The molecule has 0 heterocycles. The minimum absolute atomic E-state index is 0.500. The van der Waals surface area contributed by atoms with Crippen molar-refractivity contribution in [3.8, 4) is 5.75 Å². The van der Waals surface area contributed by atoms with E-state index in [1.165, 1.54) is 0 Å². The Balaban J connectivity index is 1.99.